The predicted octanol–water partition coefficient (Wildman–Crippen LogP) is 5.15. The van der Waals surface area contributed by atoms with E-state index < -0.39 is 5.82 Å². The summed E-state index contributed by atoms with van der Waals surface area (Å²) in [5, 5.41) is 17.6. The van der Waals surface area contributed by atoms with Gasteiger partial charge in [-0.3, -0.25) is 9.48 Å². The molecule has 0 saturated heterocycles. The third-order valence-corrected chi connectivity index (χ3v) is 6.89. The number of fused-ring (bicyclic) bond motifs is 1. The number of likely N-dealkylation sites (N-methyl/N-ethyl adjacent to an activating group) is 1. The van der Waals surface area contributed by atoms with Crippen molar-refractivity contribution in [3.05, 3.63) is 40.7 Å². The SMILES string of the molecule is Cc1nn(C2CCCCC2)c2sc(C(=O)Nc3ccc(N(C)CCO)c(F)c3)cc12.Cl. The summed E-state index contributed by atoms with van der Waals surface area (Å²) in [6, 6.07) is 6.88. The van der Waals surface area contributed by atoms with E-state index in [1.54, 1.807) is 24.1 Å². The van der Waals surface area contributed by atoms with Crippen LogP contribution in [0.25, 0.3) is 10.2 Å². The first-order valence-corrected chi connectivity index (χ1v) is 11.2. The number of thiophene rings is 1. The van der Waals surface area contributed by atoms with Crippen LogP contribution in [0.4, 0.5) is 15.8 Å². The number of carbonyl (C=O) groups excluding carboxylic acids is 1. The number of hydrogen-bond acceptors (Lipinski definition) is 5. The summed E-state index contributed by atoms with van der Waals surface area (Å²) in [5.41, 5.74) is 1.72. The van der Waals surface area contributed by atoms with Gasteiger partial charge in [-0.05, 0) is 44.0 Å². The molecule has 2 aromatic heterocycles. The third-order valence-electron chi connectivity index (χ3n) is 5.76. The van der Waals surface area contributed by atoms with E-state index in [1.807, 2.05) is 13.0 Å². The Morgan fingerprint density at radius 3 is 2.74 bits per heavy atom. The number of anilines is 2. The predicted molar refractivity (Wildman–Crippen MR) is 126 cm³/mol. The Bertz CT molecular complexity index is 1060. The van der Waals surface area contributed by atoms with Gasteiger partial charge in [0.05, 0.1) is 28.9 Å². The number of halogens is 2. The van der Waals surface area contributed by atoms with Crippen LogP contribution in [0.1, 0.15) is 53.5 Å². The zero-order chi connectivity index (χ0) is 21.3. The molecule has 3 aromatic rings. The fourth-order valence-corrected chi connectivity index (χ4v) is 5.24. The topological polar surface area (TPSA) is 70.4 Å². The number of hydrogen-bond donors (Lipinski definition) is 2. The van der Waals surface area contributed by atoms with Gasteiger partial charge in [-0.2, -0.15) is 5.10 Å². The number of aromatic nitrogens is 2. The van der Waals surface area contributed by atoms with Crippen LogP contribution in [0.5, 0.6) is 0 Å². The van der Waals surface area contributed by atoms with E-state index in [4.69, 9.17) is 10.2 Å². The second-order valence-electron chi connectivity index (χ2n) is 7.92. The highest BCUT2D eigenvalue weighted by molar-refractivity contribution is 7.20. The zero-order valence-electron chi connectivity index (χ0n) is 17.7. The van der Waals surface area contributed by atoms with E-state index in [0.717, 1.165) is 28.8 Å². The molecule has 1 amide bonds. The number of aryl methyl sites for hydroxylation is 1. The van der Waals surface area contributed by atoms with E-state index in [9.17, 15) is 9.18 Å². The number of amides is 1. The van der Waals surface area contributed by atoms with Crippen molar-refractivity contribution in [1.29, 1.82) is 0 Å². The number of rotatable bonds is 6. The van der Waals surface area contributed by atoms with Crippen molar-refractivity contribution in [2.24, 2.45) is 0 Å². The summed E-state index contributed by atoms with van der Waals surface area (Å²) < 4.78 is 16.5. The van der Waals surface area contributed by atoms with E-state index in [0.29, 0.717) is 28.8 Å². The number of aliphatic hydroxyl groups excluding tert-OH is 1. The summed E-state index contributed by atoms with van der Waals surface area (Å²) >= 11 is 1.44. The molecule has 168 valence electrons. The minimum absolute atomic E-state index is 0. The van der Waals surface area contributed by atoms with Crippen LogP contribution in [-0.4, -0.2) is 41.0 Å². The number of carbonyl (C=O) groups is 1. The van der Waals surface area contributed by atoms with Crippen LogP contribution < -0.4 is 10.2 Å². The monoisotopic (exact) mass is 466 g/mol. The Balaban J connectivity index is 0.00000272. The first kappa shape index (κ1) is 23.5. The summed E-state index contributed by atoms with van der Waals surface area (Å²) in [6.45, 7) is 2.26. The van der Waals surface area contributed by atoms with Gasteiger partial charge in [0.15, 0.2) is 0 Å². The lowest BCUT2D eigenvalue weighted by molar-refractivity contribution is 0.103. The standard InChI is InChI=1S/C22H27FN4O2S.ClH/c1-14-17-13-20(30-22(17)27(25-14)16-6-4-3-5-7-16)21(29)24-15-8-9-19(18(23)12-15)26(2)10-11-28;/h8-9,12-13,16,28H,3-7,10-11H2,1-2H3,(H,24,29);1H. The molecule has 2 heterocycles. The van der Waals surface area contributed by atoms with Crippen molar-refractivity contribution >= 4 is 51.2 Å². The second-order valence-corrected chi connectivity index (χ2v) is 8.95. The molecule has 4 rings (SSSR count). The van der Waals surface area contributed by atoms with Crippen LogP contribution in [0.2, 0.25) is 0 Å². The highest BCUT2D eigenvalue weighted by Gasteiger charge is 2.22. The van der Waals surface area contributed by atoms with Gasteiger partial charge in [0.1, 0.15) is 10.6 Å². The maximum absolute atomic E-state index is 14.4. The number of aliphatic hydroxyl groups is 1. The van der Waals surface area contributed by atoms with Crippen molar-refractivity contribution in [3.63, 3.8) is 0 Å². The van der Waals surface area contributed by atoms with Crippen LogP contribution >= 0.6 is 23.7 Å². The Hall–Kier alpha value is -2.16. The van der Waals surface area contributed by atoms with Crippen molar-refractivity contribution in [2.45, 2.75) is 45.1 Å². The van der Waals surface area contributed by atoms with Gasteiger partial charge in [0.25, 0.3) is 5.91 Å². The number of nitrogens with zero attached hydrogens (tertiary/aromatic N) is 3. The Kier molecular flexibility index (Phi) is 7.56. The molecule has 6 nitrogen and oxygen atoms in total. The lowest BCUT2D eigenvalue weighted by Crippen LogP contribution is -2.22. The van der Waals surface area contributed by atoms with Crippen molar-refractivity contribution in [1.82, 2.24) is 9.78 Å². The largest absolute Gasteiger partial charge is 0.395 e. The lowest BCUT2D eigenvalue weighted by atomic mass is 9.96. The molecular formula is C22H28ClFN4O2S. The Labute approximate surface area is 191 Å². The summed E-state index contributed by atoms with van der Waals surface area (Å²) in [7, 11) is 1.71. The first-order chi connectivity index (χ1) is 14.5. The van der Waals surface area contributed by atoms with Gasteiger partial charge in [0.2, 0.25) is 0 Å². The van der Waals surface area contributed by atoms with Crippen molar-refractivity contribution in [2.75, 3.05) is 30.4 Å². The Morgan fingerprint density at radius 1 is 1.32 bits per heavy atom. The molecule has 9 heteroatoms. The zero-order valence-corrected chi connectivity index (χ0v) is 19.4. The van der Waals surface area contributed by atoms with Gasteiger partial charge >= 0.3 is 0 Å². The fourth-order valence-electron chi connectivity index (χ4n) is 4.11. The van der Waals surface area contributed by atoms with Crippen LogP contribution in [0.15, 0.2) is 24.3 Å². The van der Waals surface area contributed by atoms with E-state index in [2.05, 4.69) is 10.00 Å². The average molecular weight is 467 g/mol. The molecule has 0 aliphatic heterocycles. The minimum atomic E-state index is -0.441. The quantitative estimate of drug-likeness (QED) is 0.526. The molecule has 1 fully saturated rings. The average Bonchev–Trinajstić information content (AvgIpc) is 3.30. The normalized spacial score (nSPS) is 14.5. The van der Waals surface area contributed by atoms with Gasteiger partial charge in [0, 0.05) is 24.7 Å². The van der Waals surface area contributed by atoms with E-state index >= 15 is 0 Å². The van der Waals surface area contributed by atoms with Gasteiger partial charge in [-0.25, -0.2) is 4.39 Å². The molecular weight excluding hydrogens is 439 g/mol. The smallest absolute Gasteiger partial charge is 0.265 e. The van der Waals surface area contributed by atoms with E-state index in [1.165, 1.54) is 36.7 Å². The number of benzene rings is 1. The summed E-state index contributed by atoms with van der Waals surface area (Å²) in [4.78, 5) is 16.1. The summed E-state index contributed by atoms with van der Waals surface area (Å²) in [6.07, 6.45) is 5.98. The second kappa shape index (κ2) is 9.97. The highest BCUT2D eigenvalue weighted by atomic mass is 35.5. The van der Waals surface area contributed by atoms with Gasteiger partial charge in [-0.15, -0.1) is 23.7 Å². The van der Waals surface area contributed by atoms with Crippen molar-refractivity contribution < 1.29 is 14.3 Å². The molecule has 0 spiro atoms. The molecule has 1 aliphatic carbocycles. The van der Waals surface area contributed by atoms with Crippen LogP contribution in [0.3, 0.4) is 0 Å². The highest BCUT2D eigenvalue weighted by Crippen LogP contribution is 2.35. The molecule has 1 saturated carbocycles. The third kappa shape index (κ3) is 4.86. The fraction of sp³-hybridized carbons (Fsp3) is 0.455. The van der Waals surface area contributed by atoms with Crippen LogP contribution in [0, 0.1) is 12.7 Å². The maximum Gasteiger partial charge on any atom is 0.265 e. The molecule has 31 heavy (non-hydrogen) atoms. The maximum atomic E-state index is 14.4. The van der Waals surface area contributed by atoms with Crippen LogP contribution in [-0.2, 0) is 0 Å². The van der Waals surface area contributed by atoms with E-state index in [-0.39, 0.29) is 24.9 Å². The van der Waals surface area contributed by atoms with Crippen molar-refractivity contribution in [3.8, 4) is 0 Å². The van der Waals surface area contributed by atoms with Gasteiger partial charge in [-0.1, -0.05) is 19.3 Å². The molecule has 0 bridgehead atoms. The molecule has 2 N–H and O–H groups in total. The molecule has 0 radical (unpaired) electrons. The molecule has 0 unspecified atom stereocenters. The number of nitrogens with one attached hydrogen (secondary N) is 1. The van der Waals surface area contributed by atoms with Gasteiger partial charge < -0.3 is 15.3 Å². The first-order valence-electron chi connectivity index (χ1n) is 10.4. The summed E-state index contributed by atoms with van der Waals surface area (Å²) in [5.74, 6) is -0.689. The lowest BCUT2D eigenvalue weighted by Gasteiger charge is -2.22. The molecule has 1 aromatic carbocycles. The molecule has 0 atom stereocenters. The Morgan fingerprint density at radius 2 is 2.06 bits per heavy atom. The minimum Gasteiger partial charge on any atom is -0.395 e. The molecule has 1 aliphatic rings.